The van der Waals surface area contributed by atoms with Gasteiger partial charge >= 0.3 is 0 Å². The van der Waals surface area contributed by atoms with Crippen molar-refractivity contribution in [2.45, 2.75) is 11.4 Å². The standard InChI is InChI=1S/C12H12N4O4S/c1-3-4-16-10(15-8-17)7-20-11(16)9-5-13-12(14-6-9)21(2,18)19/h1,5-8,11H,4H2,2H3,(H,15,17). The summed E-state index contributed by atoms with van der Waals surface area (Å²) in [6.45, 7) is 0.186. The molecule has 1 unspecified atom stereocenters. The van der Waals surface area contributed by atoms with Crippen molar-refractivity contribution < 1.29 is 17.9 Å². The van der Waals surface area contributed by atoms with E-state index in [1.807, 2.05) is 0 Å². The van der Waals surface area contributed by atoms with Crippen LogP contribution < -0.4 is 5.32 Å². The smallest absolute Gasteiger partial charge is 0.246 e. The minimum atomic E-state index is -3.47. The second-order valence-electron chi connectivity index (χ2n) is 4.16. The van der Waals surface area contributed by atoms with E-state index < -0.39 is 16.1 Å². The number of nitrogens with zero attached hydrogens (tertiary/aromatic N) is 3. The number of terminal acetylenes is 1. The molecule has 2 rings (SSSR count). The first-order chi connectivity index (χ1) is 9.97. The summed E-state index contributed by atoms with van der Waals surface area (Å²) in [5.74, 6) is 2.85. The van der Waals surface area contributed by atoms with E-state index in [1.165, 1.54) is 18.7 Å². The van der Waals surface area contributed by atoms with E-state index in [2.05, 4.69) is 21.2 Å². The first-order valence-corrected chi connectivity index (χ1v) is 7.64. The van der Waals surface area contributed by atoms with Crippen LogP contribution in [0.4, 0.5) is 0 Å². The van der Waals surface area contributed by atoms with Crippen molar-refractivity contribution in [3.63, 3.8) is 0 Å². The van der Waals surface area contributed by atoms with Gasteiger partial charge in [0.05, 0.1) is 12.1 Å². The summed E-state index contributed by atoms with van der Waals surface area (Å²) in [5.41, 5.74) is 0.511. The fraction of sp³-hybridized carbons (Fsp3) is 0.250. The van der Waals surface area contributed by atoms with Crippen molar-refractivity contribution in [3.05, 3.63) is 30.0 Å². The number of rotatable bonds is 5. The van der Waals surface area contributed by atoms with Gasteiger partial charge < -0.3 is 15.0 Å². The minimum Gasteiger partial charge on any atom is -0.470 e. The first-order valence-electron chi connectivity index (χ1n) is 5.75. The van der Waals surface area contributed by atoms with E-state index >= 15 is 0 Å². The molecular weight excluding hydrogens is 296 g/mol. The molecule has 1 N–H and O–H groups in total. The monoisotopic (exact) mass is 308 g/mol. The van der Waals surface area contributed by atoms with Crippen LogP contribution in [-0.2, 0) is 19.4 Å². The molecule has 0 radical (unpaired) electrons. The van der Waals surface area contributed by atoms with Gasteiger partial charge in [0.25, 0.3) is 0 Å². The van der Waals surface area contributed by atoms with Gasteiger partial charge in [-0.1, -0.05) is 5.92 Å². The molecule has 0 bridgehead atoms. The summed E-state index contributed by atoms with van der Waals surface area (Å²) in [5, 5.41) is 2.19. The lowest BCUT2D eigenvalue weighted by molar-refractivity contribution is -0.109. The Hall–Kier alpha value is -2.60. The summed E-state index contributed by atoms with van der Waals surface area (Å²) >= 11 is 0. The zero-order chi connectivity index (χ0) is 15.5. The van der Waals surface area contributed by atoms with Gasteiger partial charge in [-0.3, -0.25) is 4.79 Å². The molecule has 1 atom stereocenters. The molecule has 1 aliphatic rings. The minimum absolute atomic E-state index is 0.186. The topological polar surface area (TPSA) is 101 Å². The van der Waals surface area contributed by atoms with Crippen LogP contribution in [0, 0.1) is 12.3 Å². The van der Waals surface area contributed by atoms with E-state index in [0.29, 0.717) is 17.8 Å². The second-order valence-corrected chi connectivity index (χ2v) is 6.07. The van der Waals surface area contributed by atoms with Crippen LogP contribution in [-0.4, -0.2) is 42.5 Å². The van der Waals surface area contributed by atoms with Crippen molar-refractivity contribution in [3.8, 4) is 12.3 Å². The van der Waals surface area contributed by atoms with Gasteiger partial charge in [-0.2, -0.15) is 0 Å². The van der Waals surface area contributed by atoms with Crippen molar-refractivity contribution in [1.29, 1.82) is 0 Å². The molecule has 0 aromatic carbocycles. The second kappa shape index (κ2) is 5.80. The zero-order valence-corrected chi connectivity index (χ0v) is 11.9. The van der Waals surface area contributed by atoms with E-state index in [1.54, 1.807) is 4.90 Å². The third kappa shape index (κ3) is 3.11. The predicted molar refractivity (Wildman–Crippen MR) is 71.8 cm³/mol. The number of ether oxygens (including phenoxy) is 1. The predicted octanol–water partition coefficient (Wildman–Crippen LogP) is -0.611. The Morgan fingerprint density at radius 2 is 2.19 bits per heavy atom. The highest BCUT2D eigenvalue weighted by molar-refractivity contribution is 7.90. The maximum absolute atomic E-state index is 11.3. The fourth-order valence-electron chi connectivity index (χ4n) is 1.74. The molecule has 8 nitrogen and oxygen atoms in total. The van der Waals surface area contributed by atoms with Crippen molar-refractivity contribution in [2.75, 3.05) is 12.8 Å². The first kappa shape index (κ1) is 14.8. The lowest BCUT2D eigenvalue weighted by atomic mass is 10.3. The molecule has 0 fully saturated rings. The van der Waals surface area contributed by atoms with E-state index in [9.17, 15) is 13.2 Å². The molecule has 0 spiro atoms. The van der Waals surface area contributed by atoms with Gasteiger partial charge in [0.1, 0.15) is 12.1 Å². The van der Waals surface area contributed by atoms with Crippen LogP contribution in [0.15, 0.2) is 29.6 Å². The number of amides is 1. The van der Waals surface area contributed by atoms with Crippen LogP contribution >= 0.6 is 0 Å². The maximum Gasteiger partial charge on any atom is 0.246 e. The lowest BCUT2D eigenvalue weighted by Gasteiger charge is -2.24. The normalized spacial score (nSPS) is 17.6. The van der Waals surface area contributed by atoms with Gasteiger partial charge in [-0.15, -0.1) is 6.42 Å². The molecular formula is C12H12N4O4S. The Bertz CT molecular complexity index is 706. The summed E-state index contributed by atoms with van der Waals surface area (Å²) in [4.78, 5) is 19.7. The van der Waals surface area contributed by atoms with Gasteiger partial charge in [-0.05, 0) is 0 Å². The Kier molecular flexibility index (Phi) is 4.09. The third-order valence-corrected chi connectivity index (χ3v) is 3.51. The number of carbonyl (C=O) groups is 1. The summed E-state index contributed by atoms with van der Waals surface area (Å²) in [7, 11) is -3.47. The van der Waals surface area contributed by atoms with Gasteiger partial charge in [0.15, 0.2) is 0 Å². The largest absolute Gasteiger partial charge is 0.470 e. The van der Waals surface area contributed by atoms with E-state index in [4.69, 9.17) is 11.2 Å². The molecule has 2 heterocycles. The van der Waals surface area contributed by atoms with Crippen molar-refractivity contribution >= 4 is 16.2 Å². The highest BCUT2D eigenvalue weighted by Crippen LogP contribution is 2.29. The van der Waals surface area contributed by atoms with Crippen LogP contribution in [0.25, 0.3) is 0 Å². The number of hydrogen-bond acceptors (Lipinski definition) is 7. The van der Waals surface area contributed by atoms with Gasteiger partial charge in [0, 0.05) is 18.6 Å². The van der Waals surface area contributed by atoms with E-state index in [-0.39, 0.29) is 11.7 Å². The number of carbonyl (C=O) groups excluding carboxylic acids is 1. The summed E-state index contributed by atoms with van der Waals surface area (Å²) in [6, 6.07) is 0. The Labute approximate surface area is 121 Å². The van der Waals surface area contributed by atoms with Crippen molar-refractivity contribution in [2.24, 2.45) is 0 Å². The Balaban J connectivity index is 2.26. The van der Waals surface area contributed by atoms with Crippen LogP contribution in [0.1, 0.15) is 11.8 Å². The summed E-state index contributed by atoms with van der Waals surface area (Å²) in [6.07, 6.45) is 10.2. The zero-order valence-electron chi connectivity index (χ0n) is 11.1. The molecule has 1 aromatic heterocycles. The van der Waals surface area contributed by atoms with Crippen LogP contribution in [0.5, 0.6) is 0 Å². The molecule has 0 saturated heterocycles. The van der Waals surface area contributed by atoms with Crippen molar-refractivity contribution in [1.82, 2.24) is 20.2 Å². The average Bonchev–Trinajstić information content (AvgIpc) is 2.82. The van der Waals surface area contributed by atoms with Gasteiger partial charge in [0.2, 0.25) is 27.6 Å². The number of aromatic nitrogens is 2. The highest BCUT2D eigenvalue weighted by Gasteiger charge is 2.29. The Morgan fingerprint density at radius 1 is 1.52 bits per heavy atom. The Morgan fingerprint density at radius 3 is 2.71 bits per heavy atom. The summed E-state index contributed by atoms with van der Waals surface area (Å²) < 4.78 is 28.0. The number of hydrogen-bond donors (Lipinski definition) is 1. The average molecular weight is 308 g/mol. The molecule has 1 amide bonds. The lowest BCUT2D eigenvalue weighted by Crippen LogP contribution is -2.31. The van der Waals surface area contributed by atoms with Crippen LogP contribution in [0.3, 0.4) is 0 Å². The SMILES string of the molecule is C#CCN1C(NC=O)=COC1c1cnc(S(C)(=O)=O)nc1. The molecule has 0 aliphatic carbocycles. The number of sulfone groups is 1. The molecule has 21 heavy (non-hydrogen) atoms. The molecule has 1 aromatic rings. The quantitative estimate of drug-likeness (QED) is 0.440. The fourth-order valence-corrected chi connectivity index (χ4v) is 2.23. The highest BCUT2D eigenvalue weighted by atomic mass is 32.2. The van der Waals surface area contributed by atoms with Gasteiger partial charge in [-0.25, -0.2) is 18.4 Å². The molecule has 110 valence electrons. The maximum atomic E-state index is 11.3. The molecule has 1 aliphatic heterocycles. The van der Waals surface area contributed by atoms with E-state index in [0.717, 1.165) is 6.26 Å². The van der Waals surface area contributed by atoms with Crippen LogP contribution in [0.2, 0.25) is 0 Å². The third-order valence-electron chi connectivity index (χ3n) is 2.63. The molecule has 9 heteroatoms. The number of nitrogens with one attached hydrogen (secondary N) is 1. The molecule has 0 saturated carbocycles.